The van der Waals surface area contributed by atoms with Crippen molar-refractivity contribution in [3.05, 3.63) is 59.9 Å². The van der Waals surface area contributed by atoms with Crippen molar-refractivity contribution in [2.24, 2.45) is 0 Å². The summed E-state index contributed by atoms with van der Waals surface area (Å²) in [5.74, 6) is 0.949. The molecule has 0 spiro atoms. The lowest BCUT2D eigenvalue weighted by atomic mass is 10.1. The van der Waals surface area contributed by atoms with Gasteiger partial charge in [-0.15, -0.1) is 11.8 Å². The van der Waals surface area contributed by atoms with Crippen LogP contribution in [-0.2, 0) is 0 Å². The summed E-state index contributed by atoms with van der Waals surface area (Å²) in [4.78, 5) is 3.58. The summed E-state index contributed by atoms with van der Waals surface area (Å²) in [7, 11) is 2.16. The zero-order valence-electron chi connectivity index (χ0n) is 12.8. The second kappa shape index (κ2) is 7.47. The average molecular weight is 311 g/mol. The molecule has 0 aliphatic carbocycles. The van der Waals surface area contributed by atoms with E-state index >= 15 is 0 Å². The van der Waals surface area contributed by atoms with Crippen molar-refractivity contribution in [1.82, 2.24) is 15.1 Å². The van der Waals surface area contributed by atoms with Crippen molar-refractivity contribution < 1.29 is 0 Å². The molecule has 1 aliphatic rings. The van der Waals surface area contributed by atoms with Crippen molar-refractivity contribution >= 4 is 23.4 Å². The quantitative estimate of drug-likeness (QED) is 0.849. The lowest BCUT2D eigenvalue weighted by Gasteiger charge is -2.22. The van der Waals surface area contributed by atoms with Gasteiger partial charge >= 0.3 is 0 Å². The Balaban J connectivity index is 1.61. The minimum absolute atomic E-state index is 0.949. The van der Waals surface area contributed by atoms with Gasteiger partial charge in [0, 0.05) is 25.0 Å². The zero-order chi connectivity index (χ0) is 15.2. The molecule has 0 unspecified atom stereocenters. The minimum atomic E-state index is 0.949. The zero-order valence-corrected chi connectivity index (χ0v) is 13.6. The number of nitrogens with one attached hydrogen (secondary N) is 1. The predicted octanol–water partition coefficient (Wildman–Crippen LogP) is 3.93. The van der Waals surface area contributed by atoms with E-state index in [1.165, 1.54) is 16.0 Å². The minimum Gasteiger partial charge on any atom is -0.302 e. The van der Waals surface area contributed by atoms with Crippen LogP contribution in [-0.4, -0.2) is 41.0 Å². The molecule has 1 aromatic heterocycles. The van der Waals surface area contributed by atoms with E-state index in [0.29, 0.717) is 0 Å². The summed E-state index contributed by atoms with van der Waals surface area (Å²) in [6.45, 7) is 2.12. The summed E-state index contributed by atoms with van der Waals surface area (Å²) in [5.41, 5.74) is 3.70. The first-order valence-corrected chi connectivity index (χ1v) is 8.57. The molecule has 0 fully saturated rings. The van der Waals surface area contributed by atoms with E-state index in [1.807, 2.05) is 24.0 Å². The molecule has 4 heteroatoms. The summed E-state index contributed by atoms with van der Waals surface area (Å²) in [6, 6.07) is 10.4. The Kier molecular flexibility index (Phi) is 5.14. The van der Waals surface area contributed by atoms with Crippen molar-refractivity contribution in [1.29, 1.82) is 0 Å². The van der Waals surface area contributed by atoms with Crippen LogP contribution in [0.1, 0.15) is 17.7 Å². The van der Waals surface area contributed by atoms with E-state index in [1.54, 1.807) is 0 Å². The number of aromatic nitrogens is 2. The van der Waals surface area contributed by atoms with Crippen LogP contribution in [0.2, 0.25) is 0 Å². The van der Waals surface area contributed by atoms with Crippen LogP contribution in [0, 0.1) is 0 Å². The third kappa shape index (κ3) is 3.90. The average Bonchev–Trinajstić information content (AvgIpc) is 3.01. The van der Waals surface area contributed by atoms with Gasteiger partial charge in [0.15, 0.2) is 0 Å². The molecule has 2 aromatic rings. The van der Waals surface area contributed by atoms with Gasteiger partial charge in [-0.25, -0.2) is 0 Å². The molecule has 3 nitrogen and oxygen atoms in total. The molecule has 114 valence electrons. The third-order valence-electron chi connectivity index (χ3n) is 3.70. The number of thioether (sulfide) groups is 1. The first kappa shape index (κ1) is 15.1. The number of hydrogen-bond acceptors (Lipinski definition) is 3. The van der Waals surface area contributed by atoms with Crippen molar-refractivity contribution in [2.45, 2.75) is 11.3 Å². The van der Waals surface area contributed by atoms with Crippen LogP contribution in [0.3, 0.4) is 0 Å². The largest absolute Gasteiger partial charge is 0.302 e. The molecule has 0 radical (unpaired) electrons. The number of H-pyrrole nitrogens is 1. The molecule has 22 heavy (non-hydrogen) atoms. The van der Waals surface area contributed by atoms with Gasteiger partial charge in [0.05, 0.1) is 4.90 Å². The number of rotatable bonds is 5. The fourth-order valence-electron chi connectivity index (χ4n) is 2.57. The van der Waals surface area contributed by atoms with Crippen LogP contribution in [0.15, 0.2) is 53.6 Å². The molecule has 0 saturated carbocycles. The van der Waals surface area contributed by atoms with Gasteiger partial charge in [0.1, 0.15) is 5.69 Å². The highest BCUT2D eigenvalue weighted by Gasteiger charge is 2.15. The normalized spacial score (nSPS) is 16.1. The van der Waals surface area contributed by atoms with Crippen molar-refractivity contribution in [2.75, 3.05) is 25.9 Å². The van der Waals surface area contributed by atoms with Gasteiger partial charge in [0.2, 0.25) is 0 Å². The Bertz CT molecular complexity index is 658. The number of likely N-dealkylation sites (N-methyl/N-ethyl adjacent to an activating group) is 1. The lowest BCUT2D eigenvalue weighted by molar-refractivity contribution is 0.372. The Hall–Kier alpha value is -1.78. The first-order chi connectivity index (χ1) is 10.8. The van der Waals surface area contributed by atoms with Crippen molar-refractivity contribution in [3.8, 4) is 0 Å². The highest BCUT2D eigenvalue weighted by atomic mass is 32.2. The molecule has 1 aliphatic heterocycles. The molecule has 1 aromatic carbocycles. The SMILES string of the molecule is CN1CCC=C(c2n[nH]cc2SC/C=C/c2ccccc2)C1. The maximum absolute atomic E-state index is 4.45. The monoisotopic (exact) mass is 311 g/mol. The molecule has 0 amide bonds. The summed E-state index contributed by atoms with van der Waals surface area (Å²) >= 11 is 1.83. The van der Waals surface area contributed by atoms with E-state index in [2.05, 4.69) is 64.6 Å². The van der Waals surface area contributed by atoms with Gasteiger partial charge in [-0.1, -0.05) is 48.6 Å². The van der Waals surface area contributed by atoms with Crippen LogP contribution >= 0.6 is 11.8 Å². The molecular formula is C18H21N3S. The summed E-state index contributed by atoms with van der Waals surface area (Å²) < 4.78 is 0. The number of benzene rings is 1. The number of nitrogens with zero attached hydrogens (tertiary/aromatic N) is 2. The van der Waals surface area contributed by atoms with Gasteiger partial charge in [-0.2, -0.15) is 5.10 Å². The number of aromatic amines is 1. The van der Waals surface area contributed by atoms with Crippen molar-refractivity contribution in [3.63, 3.8) is 0 Å². The van der Waals surface area contributed by atoms with E-state index in [4.69, 9.17) is 0 Å². The molecule has 3 rings (SSSR count). The van der Waals surface area contributed by atoms with Gasteiger partial charge < -0.3 is 4.90 Å². The predicted molar refractivity (Wildman–Crippen MR) is 94.9 cm³/mol. The topological polar surface area (TPSA) is 31.9 Å². The van der Waals surface area contributed by atoms with E-state index in [0.717, 1.165) is 31.0 Å². The van der Waals surface area contributed by atoms with Crippen LogP contribution in [0.25, 0.3) is 11.6 Å². The molecule has 1 N–H and O–H groups in total. The Morgan fingerprint density at radius 2 is 2.18 bits per heavy atom. The van der Waals surface area contributed by atoms with Gasteiger partial charge in [0.25, 0.3) is 0 Å². The summed E-state index contributed by atoms with van der Waals surface area (Å²) in [6.07, 6.45) is 9.81. The second-order valence-electron chi connectivity index (χ2n) is 5.48. The van der Waals surface area contributed by atoms with E-state index < -0.39 is 0 Å². The summed E-state index contributed by atoms with van der Waals surface area (Å²) in [5, 5.41) is 7.46. The second-order valence-corrected chi connectivity index (χ2v) is 6.54. The third-order valence-corrected chi connectivity index (χ3v) is 4.68. The Morgan fingerprint density at radius 1 is 1.32 bits per heavy atom. The number of hydrogen-bond donors (Lipinski definition) is 1. The molecule has 0 saturated heterocycles. The maximum atomic E-state index is 4.45. The Morgan fingerprint density at radius 3 is 3.00 bits per heavy atom. The highest BCUT2D eigenvalue weighted by Crippen LogP contribution is 2.28. The van der Waals surface area contributed by atoms with Gasteiger partial charge in [-0.3, -0.25) is 5.10 Å². The van der Waals surface area contributed by atoms with E-state index in [9.17, 15) is 0 Å². The standard InChI is InChI=1S/C18H21N3S/c1-21-11-5-10-16(14-21)18-17(13-19-20-18)22-12-6-9-15-7-3-2-4-8-15/h2-4,6-10,13H,5,11-12,14H2,1H3,(H,19,20)/b9-6+. The molecule has 0 bridgehead atoms. The fourth-order valence-corrected chi connectivity index (χ4v) is 3.39. The fraction of sp³-hybridized carbons (Fsp3) is 0.278. The smallest absolute Gasteiger partial charge is 0.103 e. The van der Waals surface area contributed by atoms with Crippen LogP contribution in [0.5, 0.6) is 0 Å². The Labute approximate surface area is 136 Å². The van der Waals surface area contributed by atoms with Crippen LogP contribution in [0.4, 0.5) is 0 Å². The van der Waals surface area contributed by atoms with Crippen LogP contribution < -0.4 is 0 Å². The first-order valence-electron chi connectivity index (χ1n) is 7.59. The van der Waals surface area contributed by atoms with Gasteiger partial charge in [-0.05, 0) is 24.6 Å². The lowest BCUT2D eigenvalue weighted by Crippen LogP contribution is -2.25. The van der Waals surface area contributed by atoms with E-state index in [-0.39, 0.29) is 0 Å². The maximum Gasteiger partial charge on any atom is 0.103 e. The molecular weight excluding hydrogens is 290 g/mol. The molecule has 0 atom stereocenters. The highest BCUT2D eigenvalue weighted by molar-refractivity contribution is 7.99. The molecule has 2 heterocycles.